The van der Waals surface area contributed by atoms with Gasteiger partial charge in [0.05, 0.1) is 18.2 Å². The Kier molecular flexibility index (Phi) is 12.1. The van der Waals surface area contributed by atoms with Crippen LogP contribution in [-0.2, 0) is 38.2 Å². The lowest BCUT2D eigenvalue weighted by Crippen LogP contribution is -2.69. The Labute approximate surface area is 375 Å². The number of anilines is 1. The Balaban J connectivity index is 0.879. The standard InChI is InChI=1S/C49H54FN3O10S/c1-27-17-19-46(4)31(21-27)11-14-35-36-24-40-49(39(57)26-54,47(36,5)25-38(56)48(35,46)50)63-45(62-40)30-9-12-33(13-10-30)64-34-8-6-7-32(23-34)52-44(61)28(2)22-37(55)29(3)51-41(58)18-20-53-42(59)15-16-43(53)60/h6-10,12-13,15-17,19,21,23,28-29,35-36,38,40,45,54,56H,1,11,14,18,20,22,24-26H2,2-5H3,(H,51,58)(H,52,61)/t28-,29+,35+,36+,38+,40-,45-,46+,47+,48+,49-/m1/s1. The van der Waals surface area contributed by atoms with Gasteiger partial charge in [0.25, 0.3) is 11.8 Å². The molecule has 338 valence electrons. The fourth-order valence-electron chi connectivity index (χ4n) is 11.4. The third-order valence-corrected chi connectivity index (χ3v) is 15.8. The summed E-state index contributed by atoms with van der Waals surface area (Å²) in [7, 11) is 0. The maximum Gasteiger partial charge on any atom is 0.253 e. The van der Waals surface area contributed by atoms with E-state index in [4.69, 9.17) is 9.47 Å². The van der Waals surface area contributed by atoms with Gasteiger partial charge in [-0.2, -0.15) is 0 Å². The predicted molar refractivity (Wildman–Crippen MR) is 234 cm³/mol. The number of carbonyl (C=O) groups excluding carboxylic acids is 6. The van der Waals surface area contributed by atoms with Crippen LogP contribution in [0.4, 0.5) is 10.1 Å². The number of imide groups is 1. The number of alkyl halides is 1. The quantitative estimate of drug-likeness (QED) is 0.166. The van der Waals surface area contributed by atoms with Gasteiger partial charge in [-0.3, -0.25) is 33.7 Å². The molecular weight excluding hydrogens is 842 g/mol. The number of benzene rings is 2. The SMILES string of the molecule is C=C1C=C[C@@]2(C)C(=C1)CC[C@H]1[C@@H]3C[C@H]4O[C@@H](c5ccc(Sc6cccc(NC(=O)[C@H](C)CC(=O)[C@H](C)NC(=O)CCN7C(=O)C=CC7=O)c6)cc5)O[C@@]4(C(=O)CO)[C@@]3(C)C[C@H](O)[C@@]12F. The minimum absolute atomic E-state index is 0.0414. The van der Waals surface area contributed by atoms with E-state index < -0.39 is 88.6 Å². The molecule has 4 N–H and O–H groups in total. The minimum atomic E-state index is -1.98. The Morgan fingerprint density at radius 3 is 2.44 bits per heavy atom. The molecule has 4 amide bonds. The predicted octanol–water partition coefficient (Wildman–Crippen LogP) is 5.87. The van der Waals surface area contributed by atoms with Crippen LogP contribution in [-0.4, -0.2) is 93.0 Å². The molecule has 11 atom stereocenters. The number of ether oxygens (including phenoxy) is 2. The zero-order valence-electron chi connectivity index (χ0n) is 36.3. The fourth-order valence-corrected chi connectivity index (χ4v) is 12.2. The van der Waals surface area contributed by atoms with Gasteiger partial charge >= 0.3 is 0 Å². The summed E-state index contributed by atoms with van der Waals surface area (Å²) in [6.07, 6.45) is 5.87. The molecule has 15 heteroatoms. The second-order valence-corrected chi connectivity index (χ2v) is 19.7. The van der Waals surface area contributed by atoms with Crippen LogP contribution in [0, 0.1) is 28.6 Å². The van der Waals surface area contributed by atoms with Crippen LogP contribution in [0.25, 0.3) is 0 Å². The number of hydrogen-bond donors (Lipinski definition) is 4. The van der Waals surface area contributed by atoms with Gasteiger partial charge in [0.1, 0.15) is 6.61 Å². The van der Waals surface area contributed by atoms with Gasteiger partial charge in [-0.25, -0.2) is 4.39 Å². The number of aliphatic hydroxyl groups excluding tert-OH is 2. The van der Waals surface area contributed by atoms with Gasteiger partial charge in [-0.05, 0) is 81.4 Å². The van der Waals surface area contributed by atoms with E-state index in [9.17, 15) is 39.0 Å². The number of allylic oxidation sites excluding steroid dienone is 5. The van der Waals surface area contributed by atoms with Crippen LogP contribution in [0.15, 0.2) is 106 Å². The van der Waals surface area contributed by atoms with Crippen molar-refractivity contribution in [3.63, 3.8) is 0 Å². The lowest BCUT2D eigenvalue weighted by molar-refractivity contribution is -0.231. The fraction of sp³-hybridized carbons (Fsp3) is 0.469. The number of fused-ring (bicyclic) bond motifs is 7. The second-order valence-electron chi connectivity index (χ2n) is 18.5. The molecule has 2 aromatic rings. The van der Waals surface area contributed by atoms with Crippen molar-refractivity contribution in [1.82, 2.24) is 10.2 Å². The monoisotopic (exact) mass is 895 g/mol. The van der Waals surface area contributed by atoms with Crippen LogP contribution < -0.4 is 10.6 Å². The maximum atomic E-state index is 17.8. The molecule has 1 saturated heterocycles. The highest BCUT2D eigenvalue weighted by molar-refractivity contribution is 7.99. The van der Waals surface area contributed by atoms with E-state index in [2.05, 4.69) is 17.2 Å². The minimum Gasteiger partial charge on any atom is -0.390 e. The van der Waals surface area contributed by atoms with Crippen molar-refractivity contribution in [1.29, 1.82) is 0 Å². The van der Waals surface area contributed by atoms with E-state index in [-0.39, 0.29) is 43.4 Å². The molecule has 4 fully saturated rings. The number of hydrogen-bond acceptors (Lipinski definition) is 11. The molecule has 8 rings (SSSR count). The molecule has 2 aromatic carbocycles. The van der Waals surface area contributed by atoms with Gasteiger partial charge in [0.15, 0.2) is 29.1 Å². The molecule has 0 bridgehead atoms. The average molecular weight is 896 g/mol. The van der Waals surface area contributed by atoms with Crippen molar-refractivity contribution in [3.05, 3.63) is 102 Å². The topological polar surface area (TPSA) is 189 Å². The first kappa shape index (κ1) is 45.5. The number of ketones is 2. The van der Waals surface area contributed by atoms with Gasteiger partial charge in [-0.1, -0.05) is 74.2 Å². The van der Waals surface area contributed by atoms with E-state index in [1.54, 1.807) is 25.1 Å². The Bertz CT molecular complexity index is 2380. The van der Waals surface area contributed by atoms with Crippen molar-refractivity contribution in [2.24, 2.45) is 28.6 Å². The lowest BCUT2D eigenvalue weighted by atomic mass is 9.44. The van der Waals surface area contributed by atoms with Crippen molar-refractivity contribution < 1.29 is 52.8 Å². The highest BCUT2D eigenvalue weighted by atomic mass is 32.2. The molecular formula is C49H54FN3O10S. The molecule has 13 nitrogen and oxygen atoms in total. The normalized spacial score (nSPS) is 33.4. The molecule has 6 aliphatic rings. The van der Waals surface area contributed by atoms with E-state index >= 15 is 4.39 Å². The molecule has 2 aliphatic heterocycles. The summed E-state index contributed by atoms with van der Waals surface area (Å²) >= 11 is 1.44. The van der Waals surface area contributed by atoms with Gasteiger partial charge < -0.3 is 30.3 Å². The zero-order chi connectivity index (χ0) is 45.9. The summed E-state index contributed by atoms with van der Waals surface area (Å²) in [6.45, 7) is 10.0. The molecule has 3 saturated carbocycles. The first-order valence-corrected chi connectivity index (χ1v) is 22.6. The summed E-state index contributed by atoms with van der Waals surface area (Å²) in [5.41, 5.74) is -2.75. The lowest BCUT2D eigenvalue weighted by Gasteiger charge is -2.62. The Hall–Kier alpha value is -5.06. The number of amides is 4. The van der Waals surface area contributed by atoms with Gasteiger partial charge in [0, 0.05) is 75.2 Å². The number of Topliss-reactive ketones (excluding diaryl/α,β-unsaturated/α-hetero) is 2. The molecule has 4 aliphatic carbocycles. The Morgan fingerprint density at radius 2 is 1.73 bits per heavy atom. The van der Waals surface area contributed by atoms with Crippen LogP contribution in [0.1, 0.15) is 78.1 Å². The Morgan fingerprint density at radius 1 is 1.02 bits per heavy atom. The van der Waals surface area contributed by atoms with Crippen LogP contribution >= 0.6 is 11.8 Å². The summed E-state index contributed by atoms with van der Waals surface area (Å²) in [5, 5.41) is 27.7. The average Bonchev–Trinajstić information content (AvgIpc) is 3.88. The van der Waals surface area contributed by atoms with Crippen LogP contribution in [0.2, 0.25) is 0 Å². The summed E-state index contributed by atoms with van der Waals surface area (Å²) in [6, 6.07) is 13.8. The zero-order valence-corrected chi connectivity index (χ0v) is 37.1. The van der Waals surface area contributed by atoms with Crippen molar-refractivity contribution in [2.45, 2.75) is 112 Å². The van der Waals surface area contributed by atoms with E-state index in [1.165, 1.54) is 18.7 Å². The number of aliphatic hydroxyl groups is 2. The first-order chi connectivity index (χ1) is 30.3. The van der Waals surface area contributed by atoms with Crippen molar-refractivity contribution in [2.75, 3.05) is 18.5 Å². The summed E-state index contributed by atoms with van der Waals surface area (Å²) in [5.74, 6) is -4.40. The maximum absolute atomic E-state index is 17.8. The van der Waals surface area contributed by atoms with Crippen LogP contribution in [0.5, 0.6) is 0 Å². The first-order valence-electron chi connectivity index (χ1n) is 21.8. The smallest absolute Gasteiger partial charge is 0.253 e. The summed E-state index contributed by atoms with van der Waals surface area (Å²) in [4.78, 5) is 78.4. The van der Waals surface area contributed by atoms with Crippen LogP contribution in [0.3, 0.4) is 0 Å². The van der Waals surface area contributed by atoms with E-state index in [0.717, 1.165) is 38.0 Å². The van der Waals surface area contributed by atoms with E-state index in [0.29, 0.717) is 30.5 Å². The highest BCUT2D eigenvalue weighted by Gasteiger charge is 2.79. The van der Waals surface area contributed by atoms with Gasteiger partial charge in [0.2, 0.25) is 11.8 Å². The number of rotatable bonds is 14. The van der Waals surface area contributed by atoms with Crippen molar-refractivity contribution >= 4 is 52.6 Å². The number of carbonyl (C=O) groups is 6. The number of nitrogens with one attached hydrogen (secondary N) is 2. The molecule has 0 spiro atoms. The third kappa shape index (κ3) is 7.52. The molecule has 0 unspecified atom stereocenters. The number of halogens is 1. The molecule has 0 aromatic heterocycles. The molecule has 2 heterocycles. The highest BCUT2D eigenvalue weighted by Crippen LogP contribution is 2.72. The van der Waals surface area contributed by atoms with Gasteiger partial charge in [-0.15, -0.1) is 0 Å². The third-order valence-electron chi connectivity index (χ3n) is 14.8. The molecule has 0 radical (unpaired) electrons. The largest absolute Gasteiger partial charge is 0.390 e. The van der Waals surface area contributed by atoms with E-state index in [1.807, 2.05) is 62.4 Å². The van der Waals surface area contributed by atoms with Crippen molar-refractivity contribution in [3.8, 4) is 0 Å². The number of nitrogens with zero attached hydrogens (tertiary/aromatic N) is 1. The second kappa shape index (κ2) is 17.1. The molecule has 64 heavy (non-hydrogen) atoms. The summed E-state index contributed by atoms with van der Waals surface area (Å²) < 4.78 is 31.1.